The number of hydrogen-bond acceptors (Lipinski definition) is 2. The van der Waals surface area contributed by atoms with Crippen LogP contribution in [0.5, 0.6) is 11.5 Å². The first-order chi connectivity index (χ1) is 9.81. The largest absolute Gasteiger partial charge is 0.457 e. The second-order valence-electron chi connectivity index (χ2n) is 6.13. The van der Waals surface area contributed by atoms with Gasteiger partial charge in [0.2, 0.25) is 0 Å². The molecule has 0 unspecified atom stereocenters. The number of benzene rings is 2. The standard InChI is InChI=1S/C18H19BrO2/c1-12-9-14(18(2,3)4)6-8-17(12)21-15-7-5-13(11-20)16(19)10-15/h5-11H,1-4H3. The molecule has 0 bridgehead atoms. The maximum atomic E-state index is 10.8. The number of carbonyl (C=O) groups is 1. The Morgan fingerprint density at radius 2 is 1.81 bits per heavy atom. The molecule has 2 aromatic rings. The predicted molar refractivity (Wildman–Crippen MR) is 89.5 cm³/mol. The molecule has 2 aromatic carbocycles. The van der Waals surface area contributed by atoms with Crippen molar-refractivity contribution in [2.24, 2.45) is 0 Å². The summed E-state index contributed by atoms with van der Waals surface area (Å²) >= 11 is 3.37. The van der Waals surface area contributed by atoms with E-state index in [1.165, 1.54) is 5.56 Å². The quantitative estimate of drug-likeness (QED) is 0.670. The third-order valence-electron chi connectivity index (χ3n) is 3.37. The SMILES string of the molecule is Cc1cc(C(C)(C)C)ccc1Oc1ccc(C=O)c(Br)c1. The smallest absolute Gasteiger partial charge is 0.151 e. The molecule has 0 amide bonds. The van der Waals surface area contributed by atoms with E-state index in [9.17, 15) is 4.79 Å². The van der Waals surface area contributed by atoms with Crippen molar-refractivity contribution < 1.29 is 9.53 Å². The second kappa shape index (κ2) is 6.02. The van der Waals surface area contributed by atoms with Crippen LogP contribution in [0.1, 0.15) is 42.3 Å². The van der Waals surface area contributed by atoms with E-state index in [1.54, 1.807) is 18.2 Å². The first-order valence-corrected chi connectivity index (χ1v) is 7.64. The Balaban J connectivity index is 2.28. The van der Waals surface area contributed by atoms with Gasteiger partial charge in [0.05, 0.1) is 0 Å². The topological polar surface area (TPSA) is 26.3 Å². The highest BCUT2D eigenvalue weighted by atomic mass is 79.9. The van der Waals surface area contributed by atoms with Gasteiger partial charge in [-0.1, -0.05) is 32.9 Å². The van der Waals surface area contributed by atoms with E-state index in [0.29, 0.717) is 11.3 Å². The minimum absolute atomic E-state index is 0.123. The number of aldehydes is 1. The van der Waals surface area contributed by atoms with E-state index < -0.39 is 0 Å². The van der Waals surface area contributed by atoms with Gasteiger partial charge in [-0.2, -0.15) is 0 Å². The molecule has 0 spiro atoms. The van der Waals surface area contributed by atoms with Crippen LogP contribution in [0.4, 0.5) is 0 Å². The highest BCUT2D eigenvalue weighted by Crippen LogP contribution is 2.31. The van der Waals surface area contributed by atoms with E-state index >= 15 is 0 Å². The summed E-state index contributed by atoms with van der Waals surface area (Å²) in [6, 6.07) is 11.6. The van der Waals surface area contributed by atoms with E-state index in [1.807, 2.05) is 13.0 Å². The molecule has 0 fully saturated rings. The second-order valence-corrected chi connectivity index (χ2v) is 6.99. The molecule has 0 aliphatic rings. The zero-order valence-electron chi connectivity index (χ0n) is 12.7. The third kappa shape index (κ3) is 3.73. The Morgan fingerprint density at radius 3 is 2.33 bits per heavy atom. The fourth-order valence-electron chi connectivity index (χ4n) is 2.02. The Morgan fingerprint density at radius 1 is 1.10 bits per heavy atom. The summed E-state index contributed by atoms with van der Waals surface area (Å²) in [4.78, 5) is 10.8. The van der Waals surface area contributed by atoms with E-state index in [-0.39, 0.29) is 5.41 Å². The van der Waals surface area contributed by atoms with Crippen LogP contribution in [-0.2, 0) is 5.41 Å². The van der Waals surface area contributed by atoms with E-state index in [2.05, 4.69) is 48.8 Å². The lowest BCUT2D eigenvalue weighted by Crippen LogP contribution is -2.11. The van der Waals surface area contributed by atoms with Gasteiger partial charge in [-0.25, -0.2) is 0 Å². The summed E-state index contributed by atoms with van der Waals surface area (Å²) in [5.74, 6) is 1.54. The van der Waals surface area contributed by atoms with Crippen LogP contribution in [-0.4, -0.2) is 6.29 Å². The molecule has 2 rings (SSSR count). The van der Waals surface area contributed by atoms with Crippen molar-refractivity contribution in [2.75, 3.05) is 0 Å². The summed E-state index contributed by atoms with van der Waals surface area (Å²) < 4.78 is 6.65. The molecule has 2 nitrogen and oxygen atoms in total. The molecule has 0 saturated carbocycles. The Kier molecular flexibility index (Phi) is 4.52. The first kappa shape index (κ1) is 15.8. The molecule has 0 radical (unpaired) electrons. The van der Waals surface area contributed by atoms with Gasteiger partial charge >= 0.3 is 0 Å². The molecule has 0 saturated heterocycles. The van der Waals surface area contributed by atoms with Gasteiger partial charge in [-0.3, -0.25) is 4.79 Å². The number of rotatable bonds is 3. The van der Waals surface area contributed by atoms with Crippen molar-refractivity contribution in [3.05, 3.63) is 57.6 Å². The van der Waals surface area contributed by atoms with E-state index in [4.69, 9.17) is 4.74 Å². The lowest BCUT2D eigenvalue weighted by Gasteiger charge is -2.20. The first-order valence-electron chi connectivity index (χ1n) is 6.85. The molecule has 3 heteroatoms. The Labute approximate surface area is 134 Å². The Hall–Kier alpha value is -1.61. The normalized spacial score (nSPS) is 11.3. The van der Waals surface area contributed by atoms with Crippen LogP contribution in [0.15, 0.2) is 40.9 Å². The van der Waals surface area contributed by atoms with Gasteiger partial charge in [-0.15, -0.1) is 0 Å². The molecule has 0 aromatic heterocycles. The monoisotopic (exact) mass is 346 g/mol. The number of hydrogen-bond donors (Lipinski definition) is 0. The lowest BCUT2D eigenvalue weighted by molar-refractivity contribution is 0.112. The van der Waals surface area contributed by atoms with Gasteiger partial charge < -0.3 is 4.74 Å². The zero-order valence-corrected chi connectivity index (χ0v) is 14.3. The molecular formula is C18H19BrO2. The van der Waals surface area contributed by atoms with Gasteiger partial charge in [0.1, 0.15) is 11.5 Å². The fourth-order valence-corrected chi connectivity index (χ4v) is 2.48. The van der Waals surface area contributed by atoms with Crippen molar-refractivity contribution in [3.63, 3.8) is 0 Å². The minimum Gasteiger partial charge on any atom is -0.457 e. The minimum atomic E-state index is 0.123. The van der Waals surface area contributed by atoms with Crippen LogP contribution in [0, 0.1) is 6.92 Å². The number of halogens is 1. The molecule has 0 atom stereocenters. The molecule has 21 heavy (non-hydrogen) atoms. The summed E-state index contributed by atoms with van der Waals surface area (Å²) in [5.41, 5.74) is 3.11. The van der Waals surface area contributed by atoms with Gasteiger partial charge in [-0.05, 0) is 63.7 Å². The van der Waals surface area contributed by atoms with Crippen LogP contribution in [0.3, 0.4) is 0 Å². The molecular weight excluding hydrogens is 328 g/mol. The lowest BCUT2D eigenvalue weighted by atomic mass is 9.86. The summed E-state index contributed by atoms with van der Waals surface area (Å²) in [7, 11) is 0. The highest BCUT2D eigenvalue weighted by molar-refractivity contribution is 9.10. The van der Waals surface area contributed by atoms with Crippen molar-refractivity contribution in [3.8, 4) is 11.5 Å². The van der Waals surface area contributed by atoms with Crippen molar-refractivity contribution in [2.45, 2.75) is 33.1 Å². The number of carbonyl (C=O) groups excluding carboxylic acids is 1. The molecule has 0 N–H and O–H groups in total. The highest BCUT2D eigenvalue weighted by Gasteiger charge is 2.15. The van der Waals surface area contributed by atoms with Crippen LogP contribution < -0.4 is 4.74 Å². The molecule has 0 heterocycles. The zero-order chi connectivity index (χ0) is 15.6. The summed E-state index contributed by atoms with van der Waals surface area (Å²) in [5, 5.41) is 0. The average molecular weight is 347 g/mol. The van der Waals surface area contributed by atoms with Crippen molar-refractivity contribution in [1.82, 2.24) is 0 Å². The summed E-state index contributed by atoms with van der Waals surface area (Å²) in [6.45, 7) is 8.62. The van der Waals surface area contributed by atoms with Crippen LogP contribution in [0.25, 0.3) is 0 Å². The Bertz CT molecular complexity index is 669. The van der Waals surface area contributed by atoms with Gasteiger partial charge in [0, 0.05) is 10.0 Å². The molecule has 0 aliphatic heterocycles. The maximum absolute atomic E-state index is 10.8. The number of ether oxygens (including phenoxy) is 1. The van der Waals surface area contributed by atoms with Crippen LogP contribution in [0.2, 0.25) is 0 Å². The maximum Gasteiger partial charge on any atom is 0.151 e. The average Bonchev–Trinajstić information content (AvgIpc) is 2.40. The van der Waals surface area contributed by atoms with Gasteiger partial charge in [0.15, 0.2) is 6.29 Å². The van der Waals surface area contributed by atoms with Crippen molar-refractivity contribution >= 4 is 22.2 Å². The van der Waals surface area contributed by atoms with Crippen LogP contribution >= 0.6 is 15.9 Å². The number of aryl methyl sites for hydroxylation is 1. The fraction of sp³-hybridized carbons (Fsp3) is 0.278. The summed E-state index contributed by atoms with van der Waals surface area (Å²) in [6.07, 6.45) is 0.817. The van der Waals surface area contributed by atoms with Crippen molar-refractivity contribution in [1.29, 1.82) is 0 Å². The molecule has 0 aliphatic carbocycles. The third-order valence-corrected chi connectivity index (χ3v) is 4.05. The van der Waals surface area contributed by atoms with E-state index in [0.717, 1.165) is 22.1 Å². The van der Waals surface area contributed by atoms with Gasteiger partial charge in [0.25, 0.3) is 0 Å². The molecule has 110 valence electrons. The predicted octanol–water partition coefficient (Wildman–Crippen LogP) is 5.66.